The zero-order chi connectivity index (χ0) is 12.9. The van der Waals surface area contributed by atoms with E-state index >= 15 is 0 Å². The first-order chi connectivity index (χ1) is 7.95. The second-order valence-corrected chi connectivity index (χ2v) is 5.16. The smallest absolute Gasteiger partial charge is 0.257 e. The van der Waals surface area contributed by atoms with Gasteiger partial charge in [0, 0.05) is 13.0 Å². The van der Waals surface area contributed by atoms with Gasteiger partial charge in [0.15, 0.2) is 5.03 Å². The van der Waals surface area contributed by atoms with Crippen molar-refractivity contribution in [1.82, 2.24) is 14.7 Å². The molecule has 0 aliphatic carbocycles. The van der Waals surface area contributed by atoms with Gasteiger partial charge in [0.2, 0.25) is 0 Å². The van der Waals surface area contributed by atoms with Gasteiger partial charge in [-0.2, -0.15) is 0 Å². The number of nitrogens with one attached hydrogen (secondary N) is 2. The van der Waals surface area contributed by atoms with E-state index < -0.39 is 10.0 Å². The number of aryl methyl sites for hydroxylation is 1. The Kier molecular flexibility index (Phi) is 4.46. The number of oxime groups is 1. The predicted molar refractivity (Wildman–Crippen MR) is 61.2 cm³/mol. The lowest BCUT2D eigenvalue weighted by molar-refractivity contribution is 0.316. The number of rotatable bonds is 6. The number of sulfonamides is 1. The number of aromatic amines is 1. The van der Waals surface area contributed by atoms with Crippen LogP contribution in [0.4, 0.5) is 0 Å². The molecule has 8 nitrogen and oxygen atoms in total. The van der Waals surface area contributed by atoms with Crippen molar-refractivity contribution < 1.29 is 13.6 Å². The van der Waals surface area contributed by atoms with Crippen molar-refractivity contribution in [3.63, 3.8) is 0 Å². The molecular weight excluding hydrogens is 246 g/mol. The SMILES string of the molecule is Cc1ncc(S(=O)(=O)NCCCC(N)=NO)[nH]1. The first-order valence-corrected chi connectivity index (χ1v) is 6.41. The molecule has 0 amide bonds. The minimum absolute atomic E-state index is 0.0267. The summed E-state index contributed by atoms with van der Waals surface area (Å²) in [7, 11) is -3.56. The quantitative estimate of drug-likeness (QED) is 0.180. The van der Waals surface area contributed by atoms with Crippen LogP contribution in [0.15, 0.2) is 16.4 Å². The second-order valence-electron chi connectivity index (χ2n) is 3.43. The van der Waals surface area contributed by atoms with Crippen molar-refractivity contribution in [1.29, 1.82) is 0 Å². The van der Waals surface area contributed by atoms with Gasteiger partial charge in [-0.3, -0.25) is 0 Å². The Balaban J connectivity index is 2.46. The number of nitrogens with two attached hydrogens (primary N) is 1. The summed E-state index contributed by atoms with van der Waals surface area (Å²) in [6.07, 6.45) is 2.02. The highest BCUT2D eigenvalue weighted by Gasteiger charge is 2.15. The van der Waals surface area contributed by atoms with E-state index in [1.807, 2.05) is 0 Å². The predicted octanol–water partition coefficient (Wildman–Crippen LogP) is -0.477. The van der Waals surface area contributed by atoms with Gasteiger partial charge in [-0.15, -0.1) is 0 Å². The summed E-state index contributed by atoms with van der Waals surface area (Å²) in [5, 5.41) is 11.1. The molecule has 0 saturated heterocycles. The Morgan fingerprint density at radius 2 is 2.41 bits per heavy atom. The normalized spacial score (nSPS) is 12.9. The van der Waals surface area contributed by atoms with E-state index in [1.165, 1.54) is 6.20 Å². The molecule has 1 heterocycles. The van der Waals surface area contributed by atoms with Gasteiger partial charge in [-0.1, -0.05) is 5.16 Å². The highest BCUT2D eigenvalue weighted by molar-refractivity contribution is 7.89. The van der Waals surface area contributed by atoms with E-state index in [9.17, 15) is 8.42 Å². The molecule has 0 aromatic carbocycles. The van der Waals surface area contributed by atoms with Gasteiger partial charge in [0.1, 0.15) is 11.7 Å². The number of imidazole rings is 1. The lowest BCUT2D eigenvalue weighted by Gasteiger charge is -2.03. The molecule has 1 rings (SSSR count). The summed E-state index contributed by atoms with van der Waals surface area (Å²) < 4.78 is 25.7. The minimum Gasteiger partial charge on any atom is -0.409 e. The van der Waals surface area contributed by atoms with Crippen molar-refractivity contribution in [2.45, 2.75) is 24.8 Å². The van der Waals surface area contributed by atoms with Crippen molar-refractivity contribution in [2.24, 2.45) is 10.9 Å². The maximum Gasteiger partial charge on any atom is 0.257 e. The third-order valence-electron chi connectivity index (χ3n) is 2.00. The van der Waals surface area contributed by atoms with Gasteiger partial charge >= 0.3 is 0 Å². The molecule has 0 bridgehead atoms. The Hall–Kier alpha value is -1.61. The molecule has 96 valence electrons. The molecule has 0 spiro atoms. The molecule has 0 saturated carbocycles. The van der Waals surface area contributed by atoms with Crippen LogP contribution in [-0.4, -0.2) is 36.0 Å². The number of H-pyrrole nitrogens is 1. The standard InChI is InChI=1S/C8H15N5O3S/c1-6-10-5-8(12-6)17(15,16)11-4-2-3-7(9)13-14/h5,11,14H,2-4H2,1H3,(H2,9,13)(H,10,12). The second kappa shape index (κ2) is 5.64. The van der Waals surface area contributed by atoms with E-state index in [-0.39, 0.29) is 17.4 Å². The fourth-order valence-electron chi connectivity index (χ4n) is 1.14. The summed E-state index contributed by atoms with van der Waals surface area (Å²) in [4.78, 5) is 6.43. The van der Waals surface area contributed by atoms with E-state index in [4.69, 9.17) is 10.9 Å². The number of hydrogen-bond acceptors (Lipinski definition) is 5. The zero-order valence-electron chi connectivity index (χ0n) is 9.34. The summed E-state index contributed by atoms with van der Waals surface area (Å²) in [5.41, 5.74) is 5.24. The Morgan fingerprint density at radius 1 is 1.71 bits per heavy atom. The summed E-state index contributed by atoms with van der Waals surface area (Å²) >= 11 is 0. The largest absolute Gasteiger partial charge is 0.409 e. The summed E-state index contributed by atoms with van der Waals surface area (Å²) in [6, 6.07) is 0. The van der Waals surface area contributed by atoms with Crippen LogP contribution in [0.3, 0.4) is 0 Å². The van der Waals surface area contributed by atoms with Crippen LogP contribution in [-0.2, 0) is 10.0 Å². The summed E-state index contributed by atoms with van der Waals surface area (Å²) in [6.45, 7) is 1.87. The third kappa shape index (κ3) is 4.04. The molecule has 5 N–H and O–H groups in total. The maximum atomic E-state index is 11.7. The van der Waals surface area contributed by atoms with Gasteiger partial charge in [-0.05, 0) is 13.3 Å². The zero-order valence-corrected chi connectivity index (χ0v) is 10.2. The van der Waals surface area contributed by atoms with E-state index in [1.54, 1.807) is 6.92 Å². The van der Waals surface area contributed by atoms with Gasteiger partial charge < -0.3 is 15.9 Å². The van der Waals surface area contributed by atoms with Crippen molar-refractivity contribution in [3.05, 3.63) is 12.0 Å². The van der Waals surface area contributed by atoms with Gasteiger partial charge in [0.05, 0.1) is 6.20 Å². The van der Waals surface area contributed by atoms with Crippen LogP contribution >= 0.6 is 0 Å². The number of hydrogen-bond donors (Lipinski definition) is 4. The maximum absolute atomic E-state index is 11.7. The van der Waals surface area contributed by atoms with Crippen LogP contribution in [0, 0.1) is 6.92 Å². The van der Waals surface area contributed by atoms with Crippen LogP contribution < -0.4 is 10.5 Å². The Labute approximate surface area is 99.0 Å². The van der Waals surface area contributed by atoms with Crippen molar-refractivity contribution >= 4 is 15.9 Å². The van der Waals surface area contributed by atoms with Crippen LogP contribution in [0.25, 0.3) is 0 Å². The molecule has 0 unspecified atom stereocenters. The number of aromatic nitrogens is 2. The summed E-state index contributed by atoms with van der Waals surface area (Å²) in [5.74, 6) is 0.601. The highest BCUT2D eigenvalue weighted by atomic mass is 32.2. The molecule has 17 heavy (non-hydrogen) atoms. The van der Waals surface area contributed by atoms with E-state index in [0.29, 0.717) is 18.7 Å². The molecule has 0 fully saturated rings. The van der Waals surface area contributed by atoms with Gasteiger partial charge in [-0.25, -0.2) is 18.1 Å². The van der Waals surface area contributed by atoms with Gasteiger partial charge in [0.25, 0.3) is 10.0 Å². The molecule has 0 aliphatic rings. The van der Waals surface area contributed by atoms with E-state index in [2.05, 4.69) is 19.8 Å². The molecule has 0 aliphatic heterocycles. The minimum atomic E-state index is -3.56. The highest BCUT2D eigenvalue weighted by Crippen LogP contribution is 2.04. The van der Waals surface area contributed by atoms with Crippen LogP contribution in [0.2, 0.25) is 0 Å². The average Bonchev–Trinajstić information content (AvgIpc) is 2.71. The Morgan fingerprint density at radius 3 is 2.94 bits per heavy atom. The lowest BCUT2D eigenvalue weighted by Crippen LogP contribution is -2.26. The first-order valence-electron chi connectivity index (χ1n) is 4.93. The Bertz CT molecular complexity index is 493. The molecule has 1 aromatic rings. The number of amidine groups is 1. The van der Waals surface area contributed by atoms with Crippen molar-refractivity contribution in [2.75, 3.05) is 6.54 Å². The fraction of sp³-hybridized carbons (Fsp3) is 0.500. The molecule has 9 heteroatoms. The topological polar surface area (TPSA) is 133 Å². The fourth-order valence-corrected chi connectivity index (χ4v) is 2.18. The first kappa shape index (κ1) is 13.5. The lowest BCUT2D eigenvalue weighted by atomic mass is 10.3. The van der Waals surface area contributed by atoms with E-state index in [0.717, 1.165) is 0 Å². The average molecular weight is 261 g/mol. The molecule has 1 aromatic heterocycles. The molecule has 0 radical (unpaired) electrons. The molecular formula is C8H15N5O3S. The molecule has 0 atom stereocenters. The third-order valence-corrected chi connectivity index (χ3v) is 3.37. The van der Waals surface area contributed by atoms with Crippen molar-refractivity contribution in [3.8, 4) is 0 Å². The monoisotopic (exact) mass is 261 g/mol. The van der Waals surface area contributed by atoms with Crippen LogP contribution in [0.5, 0.6) is 0 Å². The number of nitrogens with zero attached hydrogens (tertiary/aromatic N) is 2. The van der Waals surface area contributed by atoms with Crippen LogP contribution in [0.1, 0.15) is 18.7 Å².